The van der Waals surface area contributed by atoms with Crippen molar-refractivity contribution >= 4 is 11.6 Å². The van der Waals surface area contributed by atoms with Gasteiger partial charge in [0.2, 0.25) is 0 Å². The number of aliphatic hydroxyl groups excluding tert-OH is 1. The molecular weight excluding hydrogens is 387 g/mol. The van der Waals surface area contributed by atoms with Gasteiger partial charge in [0, 0.05) is 31.2 Å². The van der Waals surface area contributed by atoms with Gasteiger partial charge in [0.15, 0.2) is 0 Å². The van der Waals surface area contributed by atoms with Crippen molar-refractivity contribution in [3.8, 4) is 0 Å². The van der Waals surface area contributed by atoms with Crippen LogP contribution in [0.15, 0.2) is 48.5 Å². The fourth-order valence-corrected chi connectivity index (χ4v) is 6.15. The smallest absolute Gasteiger partial charge is 0.123 e. The first kappa shape index (κ1) is 20.8. The number of alkyl halides is 1. The lowest BCUT2D eigenvalue weighted by molar-refractivity contribution is -0.0452. The van der Waals surface area contributed by atoms with Crippen LogP contribution in [-0.4, -0.2) is 40.7 Å². The summed E-state index contributed by atoms with van der Waals surface area (Å²) in [6.07, 6.45) is 2.75. The highest BCUT2D eigenvalue weighted by Crippen LogP contribution is 2.54. The number of halogens is 2. The number of hydrogen-bond donors (Lipinski definition) is 2. The number of hydrogen-bond acceptors (Lipinski definition) is 3. The van der Waals surface area contributed by atoms with Crippen LogP contribution in [0.2, 0.25) is 0 Å². The summed E-state index contributed by atoms with van der Waals surface area (Å²) in [5, 5.41) is 13.3. The van der Waals surface area contributed by atoms with E-state index >= 15 is 0 Å². The minimum atomic E-state index is -0.422. The second-order valence-corrected chi connectivity index (χ2v) is 9.25. The van der Waals surface area contributed by atoms with E-state index in [1.807, 2.05) is 12.1 Å². The molecule has 2 aromatic rings. The Labute approximate surface area is 177 Å². The minimum Gasteiger partial charge on any atom is -0.396 e. The quantitative estimate of drug-likeness (QED) is 0.560. The third kappa shape index (κ3) is 3.31. The zero-order chi connectivity index (χ0) is 20.6. The summed E-state index contributed by atoms with van der Waals surface area (Å²) < 4.78 is 13.8. The van der Waals surface area contributed by atoms with Crippen molar-refractivity contribution in [1.29, 1.82) is 0 Å². The number of aliphatic hydroxyl groups is 1. The average Bonchev–Trinajstić information content (AvgIpc) is 3.13. The molecule has 2 N–H and O–H groups in total. The predicted octanol–water partition coefficient (Wildman–Crippen LogP) is 4.38. The molecule has 5 heteroatoms. The first-order valence-electron chi connectivity index (χ1n) is 10.5. The first-order valence-corrected chi connectivity index (χ1v) is 11.0. The van der Waals surface area contributed by atoms with Gasteiger partial charge in [0.25, 0.3) is 0 Å². The molecule has 0 amide bonds. The summed E-state index contributed by atoms with van der Waals surface area (Å²) in [6.45, 7) is 5.95. The van der Waals surface area contributed by atoms with Crippen molar-refractivity contribution in [1.82, 2.24) is 10.2 Å². The molecule has 1 aliphatic heterocycles. The van der Waals surface area contributed by atoms with E-state index in [0.29, 0.717) is 13.0 Å². The highest BCUT2D eigenvalue weighted by atomic mass is 35.5. The Morgan fingerprint density at radius 2 is 1.90 bits per heavy atom. The second kappa shape index (κ2) is 7.99. The number of nitrogens with one attached hydrogen (secondary N) is 1. The van der Waals surface area contributed by atoms with Crippen LogP contribution in [0.1, 0.15) is 49.3 Å². The Morgan fingerprint density at radius 3 is 2.62 bits per heavy atom. The van der Waals surface area contributed by atoms with E-state index in [9.17, 15) is 9.50 Å². The van der Waals surface area contributed by atoms with Crippen LogP contribution in [0.25, 0.3) is 0 Å². The van der Waals surface area contributed by atoms with Gasteiger partial charge in [0.1, 0.15) is 5.82 Å². The number of benzene rings is 2. The van der Waals surface area contributed by atoms with Crippen LogP contribution in [0.3, 0.4) is 0 Å². The molecule has 1 saturated heterocycles. The van der Waals surface area contributed by atoms with E-state index in [1.165, 1.54) is 11.1 Å². The molecule has 0 bridgehead atoms. The molecule has 1 aliphatic carbocycles. The highest BCUT2D eigenvalue weighted by Gasteiger charge is 2.59. The van der Waals surface area contributed by atoms with E-state index in [2.05, 4.69) is 48.3 Å². The van der Waals surface area contributed by atoms with Gasteiger partial charge >= 0.3 is 0 Å². The van der Waals surface area contributed by atoms with Gasteiger partial charge in [-0.05, 0) is 61.9 Å². The minimum absolute atomic E-state index is 0.138. The van der Waals surface area contributed by atoms with Gasteiger partial charge in [-0.2, -0.15) is 0 Å². The molecule has 2 aliphatic rings. The largest absolute Gasteiger partial charge is 0.396 e. The summed E-state index contributed by atoms with van der Waals surface area (Å²) in [6, 6.07) is 15.6. The standard InChI is InChI=1S/C24H30ClFN2O/c1-23(2)24(18-9-11-19(26)12-10-18,27-16-22(25)28(23)14-5-15-29)21-13-8-17-6-3-4-7-20(17)21/h3-4,6-7,9-12,21-22,27,29H,5,8,13-16H2,1-2H3. The first-order chi connectivity index (χ1) is 13.9. The summed E-state index contributed by atoms with van der Waals surface area (Å²) in [4.78, 5) is 2.31. The predicted molar refractivity (Wildman–Crippen MR) is 116 cm³/mol. The lowest BCUT2D eigenvalue weighted by Gasteiger charge is -2.61. The maximum Gasteiger partial charge on any atom is 0.123 e. The third-order valence-electron chi connectivity index (χ3n) is 7.08. The number of fused-ring (bicyclic) bond motifs is 1. The summed E-state index contributed by atoms with van der Waals surface area (Å²) in [7, 11) is 0. The van der Waals surface area contributed by atoms with Crippen LogP contribution in [0.5, 0.6) is 0 Å². The van der Waals surface area contributed by atoms with E-state index in [0.717, 1.165) is 24.9 Å². The maximum absolute atomic E-state index is 13.8. The summed E-state index contributed by atoms with van der Waals surface area (Å²) >= 11 is 6.77. The van der Waals surface area contributed by atoms with Crippen molar-refractivity contribution in [2.45, 2.75) is 55.6 Å². The van der Waals surface area contributed by atoms with E-state index < -0.39 is 5.54 Å². The Morgan fingerprint density at radius 1 is 1.17 bits per heavy atom. The second-order valence-electron chi connectivity index (χ2n) is 8.75. The molecule has 3 nitrogen and oxygen atoms in total. The summed E-state index contributed by atoms with van der Waals surface area (Å²) in [5.41, 5.74) is 2.91. The van der Waals surface area contributed by atoms with Crippen molar-refractivity contribution in [2.75, 3.05) is 19.7 Å². The van der Waals surface area contributed by atoms with Crippen molar-refractivity contribution < 1.29 is 9.50 Å². The number of aryl methyl sites for hydroxylation is 1. The van der Waals surface area contributed by atoms with Crippen LogP contribution in [0, 0.1) is 5.82 Å². The fraction of sp³-hybridized carbons (Fsp3) is 0.500. The normalized spacial score (nSPS) is 29.0. The average molecular weight is 417 g/mol. The lowest BCUT2D eigenvalue weighted by Crippen LogP contribution is -2.74. The molecule has 3 atom stereocenters. The van der Waals surface area contributed by atoms with Crippen LogP contribution >= 0.6 is 11.6 Å². The van der Waals surface area contributed by atoms with Gasteiger partial charge in [0.05, 0.1) is 11.0 Å². The molecule has 0 aromatic heterocycles. The molecule has 156 valence electrons. The Kier molecular flexibility index (Phi) is 5.73. The fourth-order valence-electron chi connectivity index (χ4n) is 5.73. The van der Waals surface area contributed by atoms with Gasteiger partial charge < -0.3 is 10.4 Å². The number of rotatable bonds is 5. The molecule has 0 radical (unpaired) electrons. The van der Waals surface area contributed by atoms with Crippen molar-refractivity contribution in [2.24, 2.45) is 0 Å². The molecule has 1 fully saturated rings. The molecule has 4 rings (SSSR count). The number of piperazine rings is 1. The zero-order valence-electron chi connectivity index (χ0n) is 17.2. The SMILES string of the molecule is CC1(C)N(CCCO)C(Cl)CNC1(c1ccc(F)cc1)C1CCc2ccccc21. The molecule has 29 heavy (non-hydrogen) atoms. The third-order valence-corrected chi connectivity index (χ3v) is 7.47. The molecule has 2 aromatic carbocycles. The Hall–Kier alpha value is -1.46. The highest BCUT2D eigenvalue weighted by molar-refractivity contribution is 6.20. The lowest BCUT2D eigenvalue weighted by atomic mass is 9.62. The molecule has 3 unspecified atom stereocenters. The Balaban J connectivity index is 1.88. The molecule has 0 spiro atoms. The Bertz CT molecular complexity index is 856. The topological polar surface area (TPSA) is 35.5 Å². The van der Waals surface area contributed by atoms with E-state index in [4.69, 9.17) is 11.6 Å². The van der Waals surface area contributed by atoms with Gasteiger partial charge in [-0.1, -0.05) is 36.4 Å². The van der Waals surface area contributed by atoms with Gasteiger partial charge in [-0.3, -0.25) is 4.90 Å². The molecule has 1 heterocycles. The van der Waals surface area contributed by atoms with E-state index in [-0.39, 0.29) is 29.4 Å². The van der Waals surface area contributed by atoms with Crippen LogP contribution < -0.4 is 5.32 Å². The molecular formula is C24H30ClFN2O. The van der Waals surface area contributed by atoms with Crippen LogP contribution in [0.4, 0.5) is 4.39 Å². The summed E-state index contributed by atoms with van der Waals surface area (Å²) in [5.74, 6) is 0.0247. The number of nitrogens with zero attached hydrogens (tertiary/aromatic N) is 1. The molecule has 0 saturated carbocycles. The van der Waals surface area contributed by atoms with Crippen molar-refractivity contribution in [3.05, 3.63) is 71.0 Å². The van der Waals surface area contributed by atoms with Gasteiger partial charge in [-0.25, -0.2) is 4.39 Å². The monoisotopic (exact) mass is 416 g/mol. The maximum atomic E-state index is 13.8. The van der Waals surface area contributed by atoms with Crippen molar-refractivity contribution in [3.63, 3.8) is 0 Å². The van der Waals surface area contributed by atoms with Crippen LogP contribution in [-0.2, 0) is 12.0 Å². The van der Waals surface area contributed by atoms with E-state index in [1.54, 1.807) is 12.1 Å². The zero-order valence-corrected chi connectivity index (χ0v) is 17.9. The van der Waals surface area contributed by atoms with Gasteiger partial charge in [-0.15, -0.1) is 11.6 Å².